The Morgan fingerprint density at radius 3 is 2.25 bits per heavy atom. The Hall–Kier alpha value is -0.160. The van der Waals surface area contributed by atoms with Gasteiger partial charge >= 0.3 is 0 Å². The van der Waals surface area contributed by atoms with E-state index in [2.05, 4.69) is 5.32 Å². The first kappa shape index (κ1) is 11.0. The molecule has 2 unspecified atom stereocenters. The highest BCUT2D eigenvalue weighted by atomic mass is 16.5. The van der Waals surface area contributed by atoms with Gasteiger partial charge in [0.25, 0.3) is 0 Å². The summed E-state index contributed by atoms with van der Waals surface area (Å²) in [5.74, 6) is 0.423. The molecule has 0 aromatic rings. The number of morpholine rings is 1. The second-order valence-corrected chi connectivity index (χ2v) is 5.50. The van der Waals surface area contributed by atoms with Gasteiger partial charge in [-0.25, -0.2) is 0 Å². The highest BCUT2D eigenvalue weighted by molar-refractivity contribution is 5.00. The standard InChI is InChI=1S/C12H21NO3/c14-12(9-1-3-15-4-2-9)5-10-7-16-8-11(6-12)13-10/h9-11,13-14H,1-8H2. The zero-order valence-electron chi connectivity index (χ0n) is 9.65. The van der Waals surface area contributed by atoms with E-state index in [1.54, 1.807) is 0 Å². The van der Waals surface area contributed by atoms with E-state index < -0.39 is 5.60 Å². The van der Waals surface area contributed by atoms with Gasteiger partial charge in [-0.15, -0.1) is 0 Å². The summed E-state index contributed by atoms with van der Waals surface area (Å²) in [7, 11) is 0. The molecular weight excluding hydrogens is 206 g/mol. The van der Waals surface area contributed by atoms with E-state index >= 15 is 0 Å². The molecule has 16 heavy (non-hydrogen) atoms. The lowest BCUT2D eigenvalue weighted by Crippen LogP contribution is -2.62. The summed E-state index contributed by atoms with van der Waals surface area (Å²) in [5.41, 5.74) is -0.478. The fraction of sp³-hybridized carbons (Fsp3) is 1.00. The van der Waals surface area contributed by atoms with Gasteiger partial charge in [0.1, 0.15) is 0 Å². The minimum atomic E-state index is -0.478. The summed E-state index contributed by atoms with van der Waals surface area (Å²) in [6, 6.07) is 0.695. The Balaban J connectivity index is 1.71. The third kappa shape index (κ3) is 1.99. The van der Waals surface area contributed by atoms with Crippen LogP contribution >= 0.6 is 0 Å². The molecule has 0 aromatic heterocycles. The number of fused-ring (bicyclic) bond motifs is 2. The van der Waals surface area contributed by atoms with Gasteiger partial charge in [0, 0.05) is 25.3 Å². The molecule has 3 rings (SSSR count). The van der Waals surface area contributed by atoms with Gasteiger partial charge in [0.2, 0.25) is 0 Å². The van der Waals surface area contributed by atoms with Crippen molar-refractivity contribution in [2.24, 2.45) is 5.92 Å². The van der Waals surface area contributed by atoms with Crippen molar-refractivity contribution in [3.63, 3.8) is 0 Å². The van der Waals surface area contributed by atoms with Crippen molar-refractivity contribution >= 4 is 0 Å². The maximum absolute atomic E-state index is 10.9. The lowest BCUT2D eigenvalue weighted by molar-refractivity contribution is -0.126. The molecular formula is C12H21NO3. The minimum absolute atomic E-state index is 0.348. The number of rotatable bonds is 1. The number of aliphatic hydroxyl groups is 1. The van der Waals surface area contributed by atoms with Crippen LogP contribution in [0.5, 0.6) is 0 Å². The van der Waals surface area contributed by atoms with Gasteiger partial charge < -0.3 is 19.9 Å². The molecule has 2 bridgehead atoms. The molecule has 2 N–H and O–H groups in total. The summed E-state index contributed by atoms with van der Waals surface area (Å²) >= 11 is 0. The third-order valence-electron chi connectivity index (χ3n) is 4.29. The molecule has 0 amide bonds. The summed E-state index contributed by atoms with van der Waals surface area (Å²) in [4.78, 5) is 0. The molecule has 0 aliphatic carbocycles. The Kier molecular flexibility index (Phi) is 2.92. The van der Waals surface area contributed by atoms with Crippen LogP contribution in [-0.4, -0.2) is 49.2 Å². The molecule has 3 heterocycles. The van der Waals surface area contributed by atoms with Gasteiger partial charge in [0.15, 0.2) is 0 Å². The predicted molar refractivity (Wildman–Crippen MR) is 59.3 cm³/mol. The van der Waals surface area contributed by atoms with Gasteiger partial charge in [-0.3, -0.25) is 0 Å². The van der Waals surface area contributed by atoms with E-state index in [9.17, 15) is 5.11 Å². The van der Waals surface area contributed by atoms with Crippen LogP contribution in [0.25, 0.3) is 0 Å². The first-order valence-electron chi connectivity index (χ1n) is 6.40. The van der Waals surface area contributed by atoms with Crippen LogP contribution in [0.15, 0.2) is 0 Å². The van der Waals surface area contributed by atoms with Gasteiger partial charge in [-0.05, 0) is 31.6 Å². The lowest BCUT2D eigenvalue weighted by atomic mass is 9.71. The van der Waals surface area contributed by atoms with Crippen molar-refractivity contribution in [2.45, 2.75) is 43.4 Å². The third-order valence-corrected chi connectivity index (χ3v) is 4.29. The number of hydrogen-bond donors (Lipinski definition) is 2. The average molecular weight is 227 g/mol. The van der Waals surface area contributed by atoms with Crippen molar-refractivity contribution in [1.29, 1.82) is 0 Å². The molecule has 4 heteroatoms. The summed E-state index contributed by atoms with van der Waals surface area (Å²) < 4.78 is 10.9. The second kappa shape index (κ2) is 4.26. The van der Waals surface area contributed by atoms with Crippen molar-refractivity contribution in [1.82, 2.24) is 5.32 Å². The number of piperidine rings is 1. The van der Waals surface area contributed by atoms with Crippen molar-refractivity contribution in [2.75, 3.05) is 26.4 Å². The smallest absolute Gasteiger partial charge is 0.0708 e. The zero-order valence-corrected chi connectivity index (χ0v) is 9.65. The van der Waals surface area contributed by atoms with Gasteiger partial charge in [-0.1, -0.05) is 0 Å². The Morgan fingerprint density at radius 2 is 1.62 bits per heavy atom. The number of hydrogen-bond acceptors (Lipinski definition) is 4. The summed E-state index contributed by atoms with van der Waals surface area (Å²) in [5, 5.41) is 14.4. The fourth-order valence-electron chi connectivity index (χ4n) is 3.52. The Morgan fingerprint density at radius 1 is 1.00 bits per heavy atom. The normalized spacial score (nSPS) is 45.6. The molecule has 4 nitrogen and oxygen atoms in total. The number of ether oxygens (including phenoxy) is 2. The molecule has 3 saturated heterocycles. The van der Waals surface area contributed by atoms with Gasteiger partial charge in [-0.2, -0.15) is 0 Å². The molecule has 92 valence electrons. The lowest BCUT2D eigenvalue weighted by Gasteiger charge is -2.49. The van der Waals surface area contributed by atoms with E-state index in [0.29, 0.717) is 18.0 Å². The van der Waals surface area contributed by atoms with Crippen LogP contribution in [0, 0.1) is 5.92 Å². The largest absolute Gasteiger partial charge is 0.389 e. The van der Waals surface area contributed by atoms with E-state index in [4.69, 9.17) is 9.47 Å². The van der Waals surface area contributed by atoms with E-state index in [-0.39, 0.29) is 0 Å². The van der Waals surface area contributed by atoms with Crippen molar-refractivity contribution in [3.8, 4) is 0 Å². The van der Waals surface area contributed by atoms with Crippen LogP contribution in [0.2, 0.25) is 0 Å². The highest BCUT2D eigenvalue weighted by Crippen LogP contribution is 2.38. The molecule has 0 aromatic carbocycles. The van der Waals surface area contributed by atoms with Crippen LogP contribution in [0.4, 0.5) is 0 Å². The van der Waals surface area contributed by atoms with Crippen LogP contribution in [0.3, 0.4) is 0 Å². The maximum atomic E-state index is 10.9. The molecule has 3 aliphatic rings. The predicted octanol–water partition coefficient (Wildman–Crippen LogP) is 0.295. The number of nitrogens with one attached hydrogen (secondary N) is 1. The second-order valence-electron chi connectivity index (χ2n) is 5.50. The van der Waals surface area contributed by atoms with E-state index in [0.717, 1.165) is 52.1 Å². The minimum Gasteiger partial charge on any atom is -0.389 e. The molecule has 3 fully saturated rings. The first-order chi connectivity index (χ1) is 7.76. The van der Waals surface area contributed by atoms with Crippen LogP contribution in [0.1, 0.15) is 25.7 Å². The molecule has 0 saturated carbocycles. The average Bonchev–Trinajstić information content (AvgIpc) is 2.29. The zero-order chi connectivity index (χ0) is 11.0. The SMILES string of the molecule is OC1(C2CCOCC2)CC2COCC(C1)N2. The van der Waals surface area contributed by atoms with Crippen LogP contribution < -0.4 is 5.32 Å². The summed E-state index contributed by atoms with van der Waals surface area (Å²) in [6.45, 7) is 3.13. The van der Waals surface area contributed by atoms with E-state index in [1.807, 2.05) is 0 Å². The van der Waals surface area contributed by atoms with Crippen LogP contribution in [-0.2, 0) is 9.47 Å². The van der Waals surface area contributed by atoms with Crippen molar-refractivity contribution < 1.29 is 14.6 Å². The maximum Gasteiger partial charge on any atom is 0.0708 e. The van der Waals surface area contributed by atoms with Crippen molar-refractivity contribution in [3.05, 3.63) is 0 Å². The highest BCUT2D eigenvalue weighted by Gasteiger charge is 2.46. The fourth-order valence-corrected chi connectivity index (χ4v) is 3.52. The monoisotopic (exact) mass is 227 g/mol. The Labute approximate surface area is 96.3 Å². The first-order valence-corrected chi connectivity index (χ1v) is 6.40. The molecule has 2 atom stereocenters. The quantitative estimate of drug-likeness (QED) is 0.676. The van der Waals surface area contributed by atoms with E-state index in [1.165, 1.54) is 0 Å². The molecule has 0 spiro atoms. The van der Waals surface area contributed by atoms with Gasteiger partial charge in [0.05, 0.1) is 18.8 Å². The molecule has 3 aliphatic heterocycles. The topological polar surface area (TPSA) is 50.7 Å². The summed E-state index contributed by atoms with van der Waals surface area (Å²) in [6.07, 6.45) is 3.70. The molecule has 0 radical (unpaired) electrons. The Bertz CT molecular complexity index is 241.